The third kappa shape index (κ3) is 6.09. The predicted octanol–water partition coefficient (Wildman–Crippen LogP) is 4.99. The van der Waals surface area contributed by atoms with Gasteiger partial charge in [-0.2, -0.15) is 4.31 Å². The first-order valence-electron chi connectivity index (χ1n) is 11.1. The Morgan fingerprint density at radius 2 is 1.48 bits per heavy atom. The fourth-order valence-corrected chi connectivity index (χ4v) is 5.23. The summed E-state index contributed by atoms with van der Waals surface area (Å²) in [6.07, 6.45) is 0. The number of rotatable bonds is 8. The van der Waals surface area contributed by atoms with Gasteiger partial charge in [0.25, 0.3) is 0 Å². The normalized spacial score (nSPS) is 12.5. The van der Waals surface area contributed by atoms with Crippen molar-refractivity contribution in [3.8, 4) is 0 Å². The second kappa shape index (κ2) is 10.3. The summed E-state index contributed by atoms with van der Waals surface area (Å²) in [6, 6.07) is 20.0. The van der Waals surface area contributed by atoms with Crippen LogP contribution in [0.2, 0.25) is 0 Å². The molecule has 5 nitrogen and oxygen atoms in total. The van der Waals surface area contributed by atoms with Gasteiger partial charge in [-0.25, -0.2) is 8.42 Å². The molecule has 0 bridgehead atoms. The average Bonchev–Trinajstić information content (AvgIpc) is 2.76. The van der Waals surface area contributed by atoms with Crippen molar-refractivity contribution in [3.63, 3.8) is 0 Å². The third-order valence-corrected chi connectivity index (χ3v) is 7.71. The number of nitrogens with one attached hydrogen (secondary N) is 1. The van der Waals surface area contributed by atoms with Gasteiger partial charge in [-0.05, 0) is 74.6 Å². The van der Waals surface area contributed by atoms with Gasteiger partial charge in [0.2, 0.25) is 15.9 Å². The summed E-state index contributed by atoms with van der Waals surface area (Å²) in [6.45, 7) is 9.80. The van der Waals surface area contributed by atoms with Crippen LogP contribution in [0, 0.1) is 27.7 Å². The molecule has 6 heteroatoms. The molecule has 0 radical (unpaired) electrons. The molecule has 0 saturated heterocycles. The standard InChI is InChI=1S/C27H32N2O3S/c1-19-11-13-25(14-12-19)33(31,32)29(17-24-9-7-6-8-10-24)18-27(30)28-23(5)26-16-21(3)20(2)15-22(26)4/h6-16,23H,17-18H2,1-5H3,(H,28,30)/t23-/m0/s1. The fraction of sp³-hybridized carbons (Fsp3) is 0.296. The Morgan fingerprint density at radius 1 is 0.879 bits per heavy atom. The Kier molecular flexibility index (Phi) is 7.72. The Morgan fingerprint density at radius 3 is 2.12 bits per heavy atom. The monoisotopic (exact) mass is 464 g/mol. The van der Waals surface area contributed by atoms with E-state index in [1.807, 2.05) is 58.0 Å². The molecule has 0 aliphatic rings. The zero-order valence-electron chi connectivity index (χ0n) is 19.9. The van der Waals surface area contributed by atoms with Crippen LogP contribution in [0.4, 0.5) is 0 Å². The molecule has 3 aromatic rings. The minimum Gasteiger partial charge on any atom is -0.348 e. The van der Waals surface area contributed by atoms with Crippen LogP contribution in [0.1, 0.15) is 46.3 Å². The Labute approximate surface area is 197 Å². The van der Waals surface area contributed by atoms with E-state index in [9.17, 15) is 13.2 Å². The number of aryl methyl sites for hydroxylation is 4. The molecule has 1 N–H and O–H groups in total. The highest BCUT2D eigenvalue weighted by Gasteiger charge is 2.27. The van der Waals surface area contributed by atoms with E-state index in [4.69, 9.17) is 0 Å². The Bertz CT molecular complexity index is 1220. The average molecular weight is 465 g/mol. The molecule has 0 unspecified atom stereocenters. The second-order valence-electron chi connectivity index (χ2n) is 8.65. The summed E-state index contributed by atoms with van der Waals surface area (Å²) < 4.78 is 28.1. The summed E-state index contributed by atoms with van der Waals surface area (Å²) in [4.78, 5) is 13.2. The van der Waals surface area contributed by atoms with E-state index < -0.39 is 10.0 Å². The van der Waals surface area contributed by atoms with Crippen molar-refractivity contribution in [2.24, 2.45) is 0 Å². The summed E-state index contributed by atoms with van der Waals surface area (Å²) in [5.41, 5.74) is 6.28. The van der Waals surface area contributed by atoms with Crippen LogP contribution in [0.3, 0.4) is 0 Å². The lowest BCUT2D eigenvalue weighted by atomic mass is 9.96. The first kappa shape index (κ1) is 24.7. The molecule has 3 rings (SSSR count). The lowest BCUT2D eigenvalue weighted by molar-refractivity contribution is -0.122. The minimum absolute atomic E-state index is 0.113. The summed E-state index contributed by atoms with van der Waals surface area (Å²) in [5.74, 6) is -0.341. The Hall–Kier alpha value is -2.96. The maximum absolute atomic E-state index is 13.4. The number of sulfonamides is 1. The first-order valence-corrected chi connectivity index (χ1v) is 12.5. The maximum atomic E-state index is 13.4. The van der Waals surface area contributed by atoms with Crippen LogP contribution in [-0.2, 0) is 21.4 Å². The first-order chi connectivity index (χ1) is 15.6. The quantitative estimate of drug-likeness (QED) is 0.511. The van der Waals surface area contributed by atoms with Crippen molar-refractivity contribution < 1.29 is 13.2 Å². The zero-order chi connectivity index (χ0) is 24.2. The third-order valence-electron chi connectivity index (χ3n) is 5.91. The van der Waals surface area contributed by atoms with Crippen molar-refractivity contribution in [1.82, 2.24) is 9.62 Å². The minimum atomic E-state index is -3.86. The number of hydrogen-bond acceptors (Lipinski definition) is 3. The zero-order valence-corrected chi connectivity index (χ0v) is 20.7. The number of hydrogen-bond donors (Lipinski definition) is 1. The molecule has 174 valence electrons. The number of carbonyl (C=O) groups excluding carboxylic acids is 1. The fourth-order valence-electron chi connectivity index (χ4n) is 3.85. The van der Waals surface area contributed by atoms with Gasteiger partial charge in [-0.3, -0.25) is 4.79 Å². The molecule has 0 aromatic heterocycles. The van der Waals surface area contributed by atoms with Crippen molar-refractivity contribution in [3.05, 3.63) is 100 Å². The second-order valence-corrected chi connectivity index (χ2v) is 10.6. The van der Waals surface area contributed by atoms with E-state index in [-0.39, 0.29) is 29.9 Å². The van der Waals surface area contributed by atoms with Crippen LogP contribution >= 0.6 is 0 Å². The predicted molar refractivity (Wildman–Crippen MR) is 132 cm³/mol. The van der Waals surface area contributed by atoms with Crippen LogP contribution in [0.5, 0.6) is 0 Å². The van der Waals surface area contributed by atoms with Gasteiger partial charge >= 0.3 is 0 Å². The summed E-state index contributed by atoms with van der Waals surface area (Å²) in [5, 5.41) is 2.99. The van der Waals surface area contributed by atoms with Crippen LogP contribution in [-0.4, -0.2) is 25.2 Å². The number of carbonyl (C=O) groups is 1. The van der Waals surface area contributed by atoms with Gasteiger partial charge in [-0.1, -0.05) is 60.2 Å². The van der Waals surface area contributed by atoms with E-state index >= 15 is 0 Å². The summed E-state index contributed by atoms with van der Waals surface area (Å²) in [7, 11) is -3.86. The van der Waals surface area contributed by atoms with Gasteiger partial charge in [0, 0.05) is 6.54 Å². The smallest absolute Gasteiger partial charge is 0.243 e. The molecule has 0 aliphatic carbocycles. The highest BCUT2D eigenvalue weighted by atomic mass is 32.2. The van der Waals surface area contributed by atoms with Crippen LogP contribution in [0.15, 0.2) is 71.6 Å². The molecule has 1 atom stereocenters. The molecule has 0 fully saturated rings. The van der Waals surface area contributed by atoms with Crippen molar-refractivity contribution in [1.29, 1.82) is 0 Å². The van der Waals surface area contributed by atoms with Gasteiger partial charge in [0.1, 0.15) is 0 Å². The molecule has 3 aromatic carbocycles. The summed E-state index contributed by atoms with van der Waals surface area (Å²) >= 11 is 0. The lowest BCUT2D eigenvalue weighted by Gasteiger charge is -2.24. The van der Waals surface area contributed by atoms with E-state index in [1.165, 1.54) is 9.87 Å². The molecule has 33 heavy (non-hydrogen) atoms. The van der Waals surface area contributed by atoms with Crippen molar-refractivity contribution in [2.45, 2.75) is 52.1 Å². The molecule has 0 saturated carbocycles. The lowest BCUT2D eigenvalue weighted by Crippen LogP contribution is -2.41. The Balaban J connectivity index is 1.84. The molecule has 0 heterocycles. The van der Waals surface area contributed by atoms with Crippen LogP contribution < -0.4 is 5.32 Å². The van der Waals surface area contributed by atoms with Crippen molar-refractivity contribution >= 4 is 15.9 Å². The van der Waals surface area contributed by atoms with E-state index in [0.717, 1.165) is 27.8 Å². The van der Waals surface area contributed by atoms with E-state index in [0.29, 0.717) is 0 Å². The van der Waals surface area contributed by atoms with Gasteiger partial charge in [-0.15, -0.1) is 0 Å². The molecular formula is C27H32N2O3S. The molecule has 0 aliphatic heterocycles. The molecule has 0 spiro atoms. The number of nitrogens with zero attached hydrogens (tertiary/aromatic N) is 1. The van der Waals surface area contributed by atoms with E-state index in [1.54, 1.807) is 24.3 Å². The van der Waals surface area contributed by atoms with Crippen LogP contribution in [0.25, 0.3) is 0 Å². The maximum Gasteiger partial charge on any atom is 0.243 e. The molecular weight excluding hydrogens is 432 g/mol. The van der Waals surface area contributed by atoms with E-state index in [2.05, 4.69) is 24.4 Å². The topological polar surface area (TPSA) is 66.5 Å². The highest BCUT2D eigenvalue weighted by molar-refractivity contribution is 7.89. The number of amides is 1. The largest absolute Gasteiger partial charge is 0.348 e. The highest BCUT2D eigenvalue weighted by Crippen LogP contribution is 2.23. The SMILES string of the molecule is Cc1ccc(S(=O)(=O)N(CC(=O)N[C@@H](C)c2cc(C)c(C)cc2C)Cc2ccccc2)cc1. The van der Waals surface area contributed by atoms with Gasteiger partial charge in [0.05, 0.1) is 17.5 Å². The van der Waals surface area contributed by atoms with Gasteiger partial charge in [0.15, 0.2) is 0 Å². The molecule has 1 amide bonds. The van der Waals surface area contributed by atoms with Crippen molar-refractivity contribution in [2.75, 3.05) is 6.54 Å². The van der Waals surface area contributed by atoms with Gasteiger partial charge < -0.3 is 5.32 Å². The number of benzene rings is 3.